The van der Waals surface area contributed by atoms with E-state index in [9.17, 15) is 5.11 Å². The van der Waals surface area contributed by atoms with Crippen molar-refractivity contribution in [2.24, 2.45) is 0 Å². The highest BCUT2D eigenvalue weighted by atomic mass is 35.5. The number of nitrogens with zero attached hydrogens (tertiary/aromatic N) is 6. The molecular weight excluding hydrogens is 473 g/mol. The molecule has 1 atom stereocenters. The number of piperazine rings is 1. The SMILES string of the molecule is OC(CNc1ncnc2c1ncn2-c1ccccc1)CN1CCN(c2cccc(Cl)c2Cl)CC1. The number of hydrogen-bond acceptors (Lipinski definition) is 7. The fourth-order valence-electron chi connectivity index (χ4n) is 4.23. The minimum absolute atomic E-state index is 0.366. The van der Waals surface area contributed by atoms with Crippen LogP contribution in [0.15, 0.2) is 61.2 Å². The second-order valence-corrected chi connectivity index (χ2v) is 9.03. The van der Waals surface area contributed by atoms with Crippen molar-refractivity contribution in [2.75, 3.05) is 49.5 Å². The minimum Gasteiger partial charge on any atom is -0.390 e. The Labute approximate surface area is 207 Å². The van der Waals surface area contributed by atoms with Gasteiger partial charge < -0.3 is 15.3 Å². The van der Waals surface area contributed by atoms with Crippen molar-refractivity contribution in [2.45, 2.75) is 6.10 Å². The molecule has 1 aliphatic heterocycles. The van der Waals surface area contributed by atoms with Gasteiger partial charge in [0.05, 0.1) is 21.8 Å². The molecule has 0 radical (unpaired) electrons. The Hall–Kier alpha value is -2.91. The van der Waals surface area contributed by atoms with Gasteiger partial charge in [0.1, 0.15) is 12.7 Å². The van der Waals surface area contributed by atoms with Gasteiger partial charge in [-0.15, -0.1) is 0 Å². The molecule has 8 nitrogen and oxygen atoms in total. The summed E-state index contributed by atoms with van der Waals surface area (Å²) in [7, 11) is 0. The van der Waals surface area contributed by atoms with Crippen molar-refractivity contribution in [3.05, 3.63) is 71.2 Å². The van der Waals surface area contributed by atoms with E-state index >= 15 is 0 Å². The normalized spacial score (nSPS) is 15.6. The standard InChI is InChI=1S/C24H25Cl2N7O/c25-19-7-4-8-20(21(19)26)32-11-9-31(10-12-32)14-18(34)13-27-23-22-24(29-15-28-23)33(16-30-22)17-5-2-1-3-6-17/h1-8,15-16,18,34H,9-14H2,(H,27,28,29). The van der Waals surface area contributed by atoms with E-state index in [0.717, 1.165) is 37.6 Å². The van der Waals surface area contributed by atoms with Crippen LogP contribution < -0.4 is 10.2 Å². The summed E-state index contributed by atoms with van der Waals surface area (Å²) in [6.07, 6.45) is 2.70. The van der Waals surface area contributed by atoms with E-state index in [2.05, 4.69) is 30.1 Å². The minimum atomic E-state index is -0.553. The number of aliphatic hydroxyl groups is 1. The number of aliphatic hydroxyl groups excluding tert-OH is 1. The molecule has 2 N–H and O–H groups in total. The average Bonchev–Trinajstić information content (AvgIpc) is 3.30. The van der Waals surface area contributed by atoms with Crippen LogP contribution in [0.3, 0.4) is 0 Å². The van der Waals surface area contributed by atoms with Gasteiger partial charge in [0.15, 0.2) is 17.0 Å². The maximum atomic E-state index is 10.7. The zero-order valence-corrected chi connectivity index (χ0v) is 20.0. The van der Waals surface area contributed by atoms with E-state index in [-0.39, 0.29) is 0 Å². The zero-order valence-electron chi connectivity index (χ0n) is 18.5. The highest BCUT2D eigenvalue weighted by molar-refractivity contribution is 6.43. The van der Waals surface area contributed by atoms with E-state index in [1.165, 1.54) is 6.33 Å². The maximum Gasteiger partial charge on any atom is 0.170 e. The molecular formula is C24H25Cl2N7O. The quantitative estimate of drug-likeness (QED) is 0.402. The van der Waals surface area contributed by atoms with E-state index < -0.39 is 6.10 Å². The number of anilines is 2. The van der Waals surface area contributed by atoms with E-state index in [4.69, 9.17) is 23.2 Å². The lowest BCUT2D eigenvalue weighted by atomic mass is 10.2. The number of halogens is 2. The molecule has 176 valence electrons. The first-order valence-corrected chi connectivity index (χ1v) is 11.9. The average molecular weight is 498 g/mol. The Kier molecular flexibility index (Phi) is 6.82. The van der Waals surface area contributed by atoms with Gasteiger partial charge in [0.2, 0.25) is 0 Å². The van der Waals surface area contributed by atoms with Crippen LogP contribution in [0.1, 0.15) is 0 Å². The van der Waals surface area contributed by atoms with Crippen molar-refractivity contribution in [1.29, 1.82) is 0 Å². The smallest absolute Gasteiger partial charge is 0.170 e. The molecule has 0 saturated carbocycles. The molecule has 3 heterocycles. The zero-order chi connectivity index (χ0) is 23.5. The summed E-state index contributed by atoms with van der Waals surface area (Å²) in [6.45, 7) is 4.24. The third-order valence-electron chi connectivity index (χ3n) is 5.99. The first-order chi connectivity index (χ1) is 16.6. The predicted octanol–water partition coefficient (Wildman–Crippen LogP) is 3.72. The summed E-state index contributed by atoms with van der Waals surface area (Å²) in [5.74, 6) is 0.610. The Morgan fingerprint density at radius 2 is 1.74 bits per heavy atom. The molecule has 1 fully saturated rings. The molecule has 1 saturated heterocycles. The molecule has 2 aromatic heterocycles. The second kappa shape index (κ2) is 10.1. The largest absolute Gasteiger partial charge is 0.390 e. The number of hydrogen-bond donors (Lipinski definition) is 2. The van der Waals surface area contributed by atoms with Crippen molar-refractivity contribution >= 4 is 45.9 Å². The third kappa shape index (κ3) is 4.81. The van der Waals surface area contributed by atoms with Crippen molar-refractivity contribution in [3.8, 4) is 5.69 Å². The molecule has 2 aromatic carbocycles. The lowest BCUT2D eigenvalue weighted by Crippen LogP contribution is -2.49. The fraction of sp³-hybridized carbons (Fsp3) is 0.292. The van der Waals surface area contributed by atoms with Gasteiger partial charge in [-0.2, -0.15) is 0 Å². The number of para-hydroxylation sites is 1. The second-order valence-electron chi connectivity index (χ2n) is 8.24. The van der Waals surface area contributed by atoms with Gasteiger partial charge in [0, 0.05) is 45.0 Å². The van der Waals surface area contributed by atoms with Gasteiger partial charge in [-0.05, 0) is 24.3 Å². The van der Waals surface area contributed by atoms with Crippen LogP contribution in [0.2, 0.25) is 10.0 Å². The molecule has 1 aliphatic rings. The van der Waals surface area contributed by atoms with Crippen molar-refractivity contribution in [3.63, 3.8) is 0 Å². The number of β-amino-alcohol motifs (C(OH)–C–C–N with tert-alkyl or cyclic N) is 1. The molecule has 0 amide bonds. The van der Waals surface area contributed by atoms with Crippen molar-refractivity contribution in [1.82, 2.24) is 24.4 Å². The van der Waals surface area contributed by atoms with Gasteiger partial charge in [-0.1, -0.05) is 47.5 Å². The Balaban J connectivity index is 1.17. The topological polar surface area (TPSA) is 82.3 Å². The van der Waals surface area contributed by atoms with Gasteiger partial charge >= 0.3 is 0 Å². The summed E-state index contributed by atoms with van der Waals surface area (Å²) in [5, 5.41) is 15.1. The van der Waals surface area contributed by atoms with Crippen molar-refractivity contribution < 1.29 is 5.11 Å². The Morgan fingerprint density at radius 3 is 2.53 bits per heavy atom. The molecule has 34 heavy (non-hydrogen) atoms. The number of fused-ring (bicyclic) bond motifs is 1. The molecule has 0 bridgehead atoms. The summed E-state index contributed by atoms with van der Waals surface area (Å²) in [5.41, 5.74) is 3.33. The summed E-state index contributed by atoms with van der Waals surface area (Å²) < 4.78 is 1.92. The molecule has 10 heteroatoms. The van der Waals surface area contributed by atoms with Gasteiger partial charge in [0.25, 0.3) is 0 Å². The van der Waals surface area contributed by atoms with Crippen LogP contribution in [0.25, 0.3) is 16.9 Å². The van der Waals surface area contributed by atoms with E-state index in [1.807, 2.05) is 47.0 Å². The number of rotatable bonds is 7. The summed E-state index contributed by atoms with van der Waals surface area (Å²) in [6, 6.07) is 15.6. The molecule has 5 rings (SSSR count). The number of nitrogens with one attached hydrogen (secondary N) is 1. The van der Waals surface area contributed by atoms with Gasteiger partial charge in [-0.3, -0.25) is 9.47 Å². The Bertz CT molecular complexity index is 1260. The first-order valence-electron chi connectivity index (χ1n) is 11.2. The van der Waals surface area contributed by atoms with Crippen LogP contribution in [0.4, 0.5) is 11.5 Å². The highest BCUT2D eigenvalue weighted by Gasteiger charge is 2.22. The lowest BCUT2D eigenvalue weighted by Gasteiger charge is -2.37. The summed E-state index contributed by atoms with van der Waals surface area (Å²) >= 11 is 12.5. The van der Waals surface area contributed by atoms with Crippen LogP contribution in [-0.2, 0) is 0 Å². The molecule has 0 aliphatic carbocycles. The predicted molar refractivity (Wildman–Crippen MR) is 136 cm³/mol. The third-order valence-corrected chi connectivity index (χ3v) is 6.80. The summed E-state index contributed by atoms with van der Waals surface area (Å²) in [4.78, 5) is 17.7. The maximum absolute atomic E-state index is 10.7. The van der Waals surface area contributed by atoms with Crippen LogP contribution in [0, 0.1) is 0 Å². The van der Waals surface area contributed by atoms with Crippen LogP contribution >= 0.6 is 23.2 Å². The van der Waals surface area contributed by atoms with E-state index in [1.54, 1.807) is 12.4 Å². The van der Waals surface area contributed by atoms with Crippen LogP contribution in [-0.4, -0.2) is 74.9 Å². The first kappa shape index (κ1) is 22.9. The lowest BCUT2D eigenvalue weighted by molar-refractivity contribution is 0.118. The monoisotopic (exact) mass is 497 g/mol. The number of benzene rings is 2. The molecule has 1 unspecified atom stereocenters. The highest BCUT2D eigenvalue weighted by Crippen LogP contribution is 2.32. The molecule has 4 aromatic rings. The van der Waals surface area contributed by atoms with Crippen LogP contribution in [0.5, 0.6) is 0 Å². The van der Waals surface area contributed by atoms with E-state index in [0.29, 0.717) is 40.1 Å². The Morgan fingerprint density at radius 1 is 0.941 bits per heavy atom. The molecule has 0 spiro atoms. The van der Waals surface area contributed by atoms with Gasteiger partial charge in [-0.25, -0.2) is 15.0 Å². The number of aromatic nitrogens is 4. The fourth-order valence-corrected chi connectivity index (χ4v) is 4.64. The number of imidazole rings is 1.